The Balaban J connectivity index is 1.85. The molecule has 1 aromatic heterocycles. The van der Waals surface area contributed by atoms with Crippen molar-refractivity contribution in [1.29, 1.82) is 0 Å². The largest absolute Gasteiger partial charge is 0.417 e. The number of benzene rings is 1. The second kappa shape index (κ2) is 7.50. The Morgan fingerprint density at radius 1 is 1.23 bits per heavy atom. The van der Waals surface area contributed by atoms with E-state index < -0.39 is 60.4 Å². The quantitative estimate of drug-likeness (QED) is 0.700. The van der Waals surface area contributed by atoms with Crippen molar-refractivity contribution in [3.63, 3.8) is 0 Å². The number of hydrogen-bond acceptors (Lipinski definition) is 4. The van der Waals surface area contributed by atoms with E-state index in [1.807, 2.05) is 0 Å². The van der Waals surface area contributed by atoms with Crippen molar-refractivity contribution >= 4 is 16.7 Å². The van der Waals surface area contributed by atoms with E-state index in [0.717, 1.165) is 22.9 Å². The highest BCUT2D eigenvalue weighted by Crippen LogP contribution is 2.45. The lowest BCUT2D eigenvalue weighted by molar-refractivity contribution is -0.291. The lowest BCUT2D eigenvalue weighted by atomic mass is 9.75. The standard InChI is InChI=1S/C19H19F6N3O3/c1-9(2)15-13-5-10(18(20,21)22)3-4-12(13)16(30)28(27-15)8-14(29)26-11-6-17(31,7-11)19(23,24)25/h3-5,9,11,31H,6-8H2,1-2H3,(H,26,29)/t11-,17-. The summed E-state index contributed by atoms with van der Waals surface area (Å²) in [5.41, 5.74) is -4.43. The van der Waals surface area contributed by atoms with Crippen molar-refractivity contribution in [1.82, 2.24) is 15.1 Å². The first-order valence-corrected chi connectivity index (χ1v) is 9.33. The van der Waals surface area contributed by atoms with Crippen LogP contribution in [0.25, 0.3) is 10.8 Å². The van der Waals surface area contributed by atoms with Gasteiger partial charge < -0.3 is 10.4 Å². The summed E-state index contributed by atoms with van der Waals surface area (Å²) in [6.07, 6.45) is -10.8. The second-order valence-electron chi connectivity index (χ2n) is 7.96. The van der Waals surface area contributed by atoms with E-state index in [2.05, 4.69) is 10.4 Å². The molecule has 1 aromatic carbocycles. The number of aliphatic hydroxyl groups is 1. The summed E-state index contributed by atoms with van der Waals surface area (Å²) in [6, 6.07) is 1.67. The molecule has 0 atom stereocenters. The minimum absolute atomic E-state index is 0.0146. The molecule has 0 aliphatic heterocycles. The smallest absolute Gasteiger partial charge is 0.380 e. The molecule has 0 radical (unpaired) electrons. The van der Waals surface area contributed by atoms with Crippen LogP contribution < -0.4 is 10.9 Å². The van der Waals surface area contributed by atoms with Gasteiger partial charge in [-0.05, 0) is 24.1 Å². The van der Waals surface area contributed by atoms with Crippen molar-refractivity contribution in [3.8, 4) is 0 Å². The van der Waals surface area contributed by atoms with Gasteiger partial charge in [0, 0.05) is 24.3 Å². The number of alkyl halides is 6. The fraction of sp³-hybridized carbons (Fsp3) is 0.526. The summed E-state index contributed by atoms with van der Waals surface area (Å²) in [6.45, 7) is 2.68. The lowest BCUT2D eigenvalue weighted by Gasteiger charge is -2.44. The Labute approximate surface area is 171 Å². The molecule has 6 nitrogen and oxygen atoms in total. The molecular weight excluding hydrogens is 432 g/mol. The topological polar surface area (TPSA) is 84.2 Å². The molecule has 1 saturated carbocycles. The van der Waals surface area contributed by atoms with E-state index in [1.165, 1.54) is 0 Å². The monoisotopic (exact) mass is 451 g/mol. The van der Waals surface area contributed by atoms with Crippen LogP contribution in [-0.4, -0.2) is 38.6 Å². The van der Waals surface area contributed by atoms with Crippen molar-refractivity contribution in [2.75, 3.05) is 0 Å². The maximum atomic E-state index is 13.0. The van der Waals surface area contributed by atoms with Crippen molar-refractivity contribution in [2.45, 2.75) is 63.1 Å². The molecule has 1 aliphatic rings. The number of rotatable bonds is 4. The second-order valence-corrected chi connectivity index (χ2v) is 7.96. The highest BCUT2D eigenvalue weighted by atomic mass is 19.4. The van der Waals surface area contributed by atoms with Gasteiger partial charge in [-0.1, -0.05) is 13.8 Å². The van der Waals surface area contributed by atoms with E-state index in [0.29, 0.717) is 0 Å². The molecule has 0 spiro atoms. The summed E-state index contributed by atoms with van der Waals surface area (Å²) in [5, 5.41) is 15.7. The SMILES string of the molecule is CC(C)c1nn(CC(=O)N[C@H]2C[C@@](O)(C(F)(F)F)C2)c(=O)c2ccc(C(F)(F)F)cc12. The highest BCUT2D eigenvalue weighted by molar-refractivity contribution is 5.85. The predicted molar refractivity (Wildman–Crippen MR) is 97.3 cm³/mol. The van der Waals surface area contributed by atoms with Gasteiger partial charge in [0.2, 0.25) is 5.91 Å². The first-order valence-electron chi connectivity index (χ1n) is 9.33. The van der Waals surface area contributed by atoms with Crippen LogP contribution in [0.5, 0.6) is 0 Å². The lowest BCUT2D eigenvalue weighted by Crippen LogP contribution is -2.62. The number of nitrogens with zero attached hydrogens (tertiary/aromatic N) is 2. The van der Waals surface area contributed by atoms with Crippen LogP contribution in [0, 0.1) is 0 Å². The van der Waals surface area contributed by atoms with E-state index in [-0.39, 0.29) is 22.4 Å². The zero-order chi connectivity index (χ0) is 23.4. The maximum Gasteiger partial charge on any atom is 0.417 e. The first-order chi connectivity index (χ1) is 14.1. The molecule has 2 aromatic rings. The minimum atomic E-state index is -4.81. The van der Waals surface area contributed by atoms with Gasteiger partial charge in [-0.3, -0.25) is 9.59 Å². The summed E-state index contributed by atoms with van der Waals surface area (Å²) in [4.78, 5) is 24.9. The Kier molecular flexibility index (Phi) is 5.58. The Morgan fingerprint density at radius 3 is 2.35 bits per heavy atom. The van der Waals surface area contributed by atoms with Gasteiger partial charge >= 0.3 is 12.4 Å². The predicted octanol–water partition coefficient (Wildman–Crippen LogP) is 3.11. The number of carbonyl (C=O) groups is 1. The van der Waals surface area contributed by atoms with Gasteiger partial charge in [-0.25, -0.2) is 4.68 Å². The van der Waals surface area contributed by atoms with E-state index in [4.69, 9.17) is 0 Å². The molecule has 1 aliphatic carbocycles. The average Bonchev–Trinajstić information content (AvgIpc) is 2.60. The van der Waals surface area contributed by atoms with Crippen LogP contribution in [0.1, 0.15) is 43.9 Å². The van der Waals surface area contributed by atoms with Crippen LogP contribution in [0.15, 0.2) is 23.0 Å². The molecule has 3 rings (SSSR count). The number of carbonyl (C=O) groups excluding carboxylic acids is 1. The molecule has 2 N–H and O–H groups in total. The fourth-order valence-corrected chi connectivity index (χ4v) is 3.52. The molecule has 0 unspecified atom stereocenters. The van der Waals surface area contributed by atoms with Gasteiger partial charge in [0.15, 0.2) is 5.60 Å². The number of nitrogens with one attached hydrogen (secondary N) is 1. The third kappa shape index (κ3) is 4.39. The maximum absolute atomic E-state index is 13.0. The molecular formula is C19H19F6N3O3. The number of fused-ring (bicyclic) bond motifs is 1. The molecule has 0 bridgehead atoms. The van der Waals surface area contributed by atoms with Crippen LogP contribution in [0.4, 0.5) is 26.3 Å². The van der Waals surface area contributed by atoms with Crippen LogP contribution in [-0.2, 0) is 17.5 Å². The van der Waals surface area contributed by atoms with Crippen LogP contribution >= 0.6 is 0 Å². The molecule has 0 saturated heterocycles. The summed E-state index contributed by atoms with van der Waals surface area (Å²) >= 11 is 0. The van der Waals surface area contributed by atoms with Crippen molar-refractivity contribution in [3.05, 3.63) is 39.8 Å². The van der Waals surface area contributed by atoms with Crippen molar-refractivity contribution in [2.24, 2.45) is 0 Å². The Bertz CT molecular complexity index is 1070. The van der Waals surface area contributed by atoms with Gasteiger partial charge in [-0.15, -0.1) is 0 Å². The summed E-state index contributed by atoms with van der Waals surface area (Å²) in [5.74, 6) is -1.18. The zero-order valence-corrected chi connectivity index (χ0v) is 16.4. The first kappa shape index (κ1) is 23.0. The molecule has 170 valence electrons. The van der Waals surface area contributed by atoms with Gasteiger partial charge in [0.25, 0.3) is 5.56 Å². The number of hydrogen-bond donors (Lipinski definition) is 2. The van der Waals surface area contributed by atoms with Crippen LogP contribution in [0.2, 0.25) is 0 Å². The minimum Gasteiger partial charge on any atom is -0.380 e. The third-order valence-electron chi connectivity index (χ3n) is 5.22. The fourth-order valence-electron chi connectivity index (χ4n) is 3.52. The van der Waals surface area contributed by atoms with Crippen molar-refractivity contribution < 1.29 is 36.2 Å². The molecule has 1 fully saturated rings. The van der Waals surface area contributed by atoms with E-state index in [1.54, 1.807) is 13.8 Å². The summed E-state index contributed by atoms with van der Waals surface area (Å²) < 4.78 is 77.9. The van der Waals surface area contributed by atoms with Crippen LogP contribution in [0.3, 0.4) is 0 Å². The highest BCUT2D eigenvalue weighted by Gasteiger charge is 2.61. The molecule has 1 amide bonds. The average molecular weight is 451 g/mol. The number of aromatic nitrogens is 2. The normalized spacial score (nSPS) is 21.9. The Morgan fingerprint density at radius 2 is 1.84 bits per heavy atom. The van der Waals surface area contributed by atoms with Gasteiger partial charge in [-0.2, -0.15) is 31.4 Å². The molecule has 12 heteroatoms. The van der Waals surface area contributed by atoms with Gasteiger partial charge in [0.1, 0.15) is 6.54 Å². The molecule has 31 heavy (non-hydrogen) atoms. The van der Waals surface area contributed by atoms with E-state index >= 15 is 0 Å². The number of amides is 1. The zero-order valence-electron chi connectivity index (χ0n) is 16.4. The number of halogens is 6. The van der Waals surface area contributed by atoms with Gasteiger partial charge in [0.05, 0.1) is 16.6 Å². The Hall–Kier alpha value is -2.63. The summed E-state index contributed by atoms with van der Waals surface area (Å²) in [7, 11) is 0. The van der Waals surface area contributed by atoms with E-state index in [9.17, 15) is 41.0 Å². The molecule has 1 heterocycles. The third-order valence-corrected chi connectivity index (χ3v) is 5.22.